The molecule has 0 unspecified atom stereocenters. The van der Waals surface area contributed by atoms with Crippen molar-refractivity contribution in [3.63, 3.8) is 0 Å². The highest BCUT2D eigenvalue weighted by Gasteiger charge is 2.17. The molecule has 0 radical (unpaired) electrons. The van der Waals surface area contributed by atoms with E-state index in [9.17, 15) is 14.4 Å². The molecule has 2 rings (SSSR count). The fraction of sp³-hybridized carbons (Fsp3) is 0.412. The Hall–Kier alpha value is -1.86. The monoisotopic (exact) mass is 382 g/mol. The second-order valence-corrected chi connectivity index (χ2v) is 7.01. The molecular weight excluding hydrogens is 364 g/mol. The summed E-state index contributed by atoms with van der Waals surface area (Å²) in [5, 5.41) is 1.38. The van der Waals surface area contributed by atoms with Crippen LogP contribution in [0.15, 0.2) is 28.2 Å². The summed E-state index contributed by atoms with van der Waals surface area (Å²) in [6.45, 7) is 5.66. The topological polar surface area (TPSA) is 78.3 Å². The van der Waals surface area contributed by atoms with Crippen molar-refractivity contribution in [2.24, 2.45) is 0 Å². The van der Waals surface area contributed by atoms with Gasteiger partial charge < -0.3 is 4.74 Å². The Morgan fingerprint density at radius 1 is 1.36 bits per heavy atom. The normalized spacial score (nSPS) is 11.1. The highest BCUT2D eigenvalue weighted by molar-refractivity contribution is 7.99. The average Bonchev–Trinajstić information content (AvgIpc) is 2.52. The zero-order valence-corrected chi connectivity index (χ0v) is 15.8. The van der Waals surface area contributed by atoms with Gasteiger partial charge in [-0.25, -0.2) is 4.98 Å². The molecule has 0 spiro atoms. The van der Waals surface area contributed by atoms with Crippen molar-refractivity contribution in [1.29, 1.82) is 0 Å². The summed E-state index contributed by atoms with van der Waals surface area (Å²) in [5.74, 6) is -0.795. The van der Waals surface area contributed by atoms with E-state index < -0.39 is 5.97 Å². The van der Waals surface area contributed by atoms with Crippen molar-refractivity contribution in [2.45, 2.75) is 38.4 Å². The summed E-state index contributed by atoms with van der Waals surface area (Å²) in [5.41, 5.74) is 0.298. The van der Waals surface area contributed by atoms with Gasteiger partial charge in [-0.05, 0) is 39.0 Å². The van der Waals surface area contributed by atoms with Crippen LogP contribution in [0.2, 0.25) is 5.02 Å². The van der Waals surface area contributed by atoms with Gasteiger partial charge in [-0.3, -0.25) is 19.0 Å². The Kier molecular flexibility index (Phi) is 6.61. The number of nitrogens with zero attached hydrogens (tertiary/aromatic N) is 2. The van der Waals surface area contributed by atoms with Crippen molar-refractivity contribution in [3.8, 4) is 0 Å². The molecule has 0 saturated carbocycles. The fourth-order valence-corrected chi connectivity index (χ4v) is 3.43. The number of ether oxygens (including phenoxy) is 1. The van der Waals surface area contributed by atoms with Crippen LogP contribution in [0.5, 0.6) is 0 Å². The molecule has 0 amide bonds. The molecule has 0 aliphatic heterocycles. The predicted molar refractivity (Wildman–Crippen MR) is 98.4 cm³/mol. The maximum atomic E-state index is 12.7. The number of esters is 1. The van der Waals surface area contributed by atoms with Crippen molar-refractivity contribution in [2.75, 3.05) is 12.4 Å². The molecule has 0 N–H and O–H groups in total. The molecule has 0 atom stereocenters. The summed E-state index contributed by atoms with van der Waals surface area (Å²) in [6, 6.07) is 4.79. The van der Waals surface area contributed by atoms with Crippen molar-refractivity contribution < 1.29 is 14.3 Å². The maximum Gasteiger partial charge on any atom is 0.313 e. The predicted octanol–water partition coefficient (Wildman–Crippen LogP) is 3.25. The van der Waals surface area contributed by atoms with Gasteiger partial charge in [0.1, 0.15) is 6.42 Å². The molecule has 1 aromatic heterocycles. The minimum atomic E-state index is -0.549. The van der Waals surface area contributed by atoms with E-state index in [1.54, 1.807) is 29.7 Å². The maximum absolute atomic E-state index is 12.7. The lowest BCUT2D eigenvalue weighted by molar-refractivity contribution is -0.145. The van der Waals surface area contributed by atoms with Crippen LogP contribution in [-0.2, 0) is 14.3 Å². The second kappa shape index (κ2) is 8.49. The molecule has 1 heterocycles. The number of aromatic nitrogens is 2. The van der Waals surface area contributed by atoms with E-state index in [0.29, 0.717) is 21.1 Å². The summed E-state index contributed by atoms with van der Waals surface area (Å²) < 4.78 is 6.30. The van der Waals surface area contributed by atoms with E-state index in [1.807, 2.05) is 13.8 Å². The Morgan fingerprint density at radius 3 is 2.72 bits per heavy atom. The van der Waals surface area contributed by atoms with Gasteiger partial charge >= 0.3 is 5.97 Å². The van der Waals surface area contributed by atoms with Gasteiger partial charge in [0.25, 0.3) is 5.56 Å². The molecule has 0 aliphatic carbocycles. The first-order chi connectivity index (χ1) is 11.8. The molecule has 0 aliphatic rings. The van der Waals surface area contributed by atoms with Crippen LogP contribution in [0.4, 0.5) is 0 Å². The lowest BCUT2D eigenvalue weighted by atomic mass is 10.2. The number of Topliss-reactive ketones (excluding diaryl/α,β-unsaturated/α-hetero) is 1. The van der Waals surface area contributed by atoms with Crippen LogP contribution >= 0.6 is 23.4 Å². The number of ketones is 1. The Labute approximate surface area is 154 Å². The lowest BCUT2D eigenvalue weighted by Crippen LogP contribution is -2.25. The summed E-state index contributed by atoms with van der Waals surface area (Å²) in [4.78, 5) is 40.5. The van der Waals surface area contributed by atoms with Crippen LogP contribution in [0.25, 0.3) is 10.9 Å². The van der Waals surface area contributed by atoms with Crippen molar-refractivity contribution >= 4 is 46.0 Å². The highest BCUT2D eigenvalue weighted by atomic mass is 35.5. The summed E-state index contributed by atoms with van der Waals surface area (Å²) >= 11 is 7.11. The van der Waals surface area contributed by atoms with Gasteiger partial charge in [0.2, 0.25) is 0 Å². The third kappa shape index (κ3) is 4.83. The SMILES string of the molecule is CCOC(=O)CC(=O)CSc1nc2cc(Cl)ccc2c(=O)n1C(C)C. The first kappa shape index (κ1) is 19.5. The number of fused-ring (bicyclic) bond motifs is 1. The molecule has 2 aromatic rings. The molecule has 0 saturated heterocycles. The number of carbonyl (C=O) groups excluding carboxylic acids is 2. The number of carbonyl (C=O) groups is 2. The Balaban J connectivity index is 2.30. The highest BCUT2D eigenvalue weighted by Crippen LogP contribution is 2.23. The van der Waals surface area contributed by atoms with Gasteiger partial charge in [-0.1, -0.05) is 23.4 Å². The van der Waals surface area contributed by atoms with Crippen LogP contribution in [0.1, 0.15) is 33.2 Å². The number of benzene rings is 1. The second-order valence-electron chi connectivity index (χ2n) is 5.63. The van der Waals surface area contributed by atoms with Crippen LogP contribution in [0.3, 0.4) is 0 Å². The zero-order valence-electron chi connectivity index (χ0n) is 14.2. The molecule has 134 valence electrons. The summed E-state index contributed by atoms with van der Waals surface area (Å²) in [7, 11) is 0. The molecule has 8 heteroatoms. The molecule has 25 heavy (non-hydrogen) atoms. The molecule has 0 bridgehead atoms. The standard InChI is InChI=1S/C17H19ClN2O4S/c1-4-24-15(22)8-12(21)9-25-17-19-14-7-11(18)5-6-13(14)16(23)20(17)10(2)3/h5-7,10H,4,8-9H2,1-3H3. The van der Waals surface area contributed by atoms with Crippen molar-refractivity contribution in [3.05, 3.63) is 33.6 Å². The Morgan fingerprint density at radius 2 is 2.08 bits per heavy atom. The van der Waals surface area contributed by atoms with Crippen molar-refractivity contribution in [1.82, 2.24) is 9.55 Å². The zero-order chi connectivity index (χ0) is 18.6. The lowest BCUT2D eigenvalue weighted by Gasteiger charge is -2.16. The van der Waals surface area contributed by atoms with E-state index in [2.05, 4.69) is 4.98 Å². The molecule has 6 nitrogen and oxygen atoms in total. The number of halogens is 1. The van der Waals surface area contributed by atoms with E-state index in [-0.39, 0.29) is 36.2 Å². The van der Waals surface area contributed by atoms with Crippen LogP contribution in [-0.4, -0.2) is 33.7 Å². The minimum Gasteiger partial charge on any atom is -0.466 e. The van der Waals surface area contributed by atoms with Gasteiger partial charge in [0.05, 0.1) is 23.3 Å². The van der Waals surface area contributed by atoms with E-state index in [4.69, 9.17) is 16.3 Å². The largest absolute Gasteiger partial charge is 0.466 e. The van der Waals surface area contributed by atoms with E-state index >= 15 is 0 Å². The van der Waals surface area contributed by atoms with Crippen LogP contribution in [0, 0.1) is 0 Å². The molecule has 1 aromatic carbocycles. The van der Waals surface area contributed by atoms with Gasteiger partial charge in [0.15, 0.2) is 10.9 Å². The number of hydrogen-bond acceptors (Lipinski definition) is 6. The minimum absolute atomic E-state index is 0.0318. The van der Waals surface area contributed by atoms with Crippen LogP contribution < -0.4 is 5.56 Å². The first-order valence-corrected chi connectivity index (χ1v) is 9.21. The van der Waals surface area contributed by atoms with E-state index in [1.165, 1.54) is 0 Å². The number of hydrogen-bond donors (Lipinski definition) is 0. The molecule has 0 fully saturated rings. The Bertz CT molecular complexity index is 864. The smallest absolute Gasteiger partial charge is 0.313 e. The number of thioether (sulfide) groups is 1. The quantitative estimate of drug-likeness (QED) is 0.316. The van der Waals surface area contributed by atoms with Gasteiger partial charge in [-0.2, -0.15) is 0 Å². The first-order valence-electron chi connectivity index (χ1n) is 7.85. The van der Waals surface area contributed by atoms with Gasteiger partial charge in [-0.15, -0.1) is 0 Å². The van der Waals surface area contributed by atoms with Gasteiger partial charge in [0, 0.05) is 11.1 Å². The fourth-order valence-electron chi connectivity index (χ4n) is 2.28. The third-order valence-corrected chi connectivity index (χ3v) is 4.60. The number of rotatable bonds is 7. The average molecular weight is 383 g/mol. The van der Waals surface area contributed by atoms with E-state index in [0.717, 1.165) is 11.8 Å². The summed E-state index contributed by atoms with van der Waals surface area (Å²) in [6.07, 6.45) is -0.286. The third-order valence-electron chi connectivity index (χ3n) is 3.36. The molecular formula is C17H19ClN2O4S.